The van der Waals surface area contributed by atoms with Gasteiger partial charge in [-0.2, -0.15) is 0 Å². The van der Waals surface area contributed by atoms with Crippen molar-refractivity contribution in [2.45, 2.75) is 57.0 Å². The summed E-state index contributed by atoms with van der Waals surface area (Å²) in [6.07, 6.45) is 9.31. The van der Waals surface area contributed by atoms with Gasteiger partial charge in [0.1, 0.15) is 5.82 Å². The molecule has 0 bridgehead atoms. The van der Waals surface area contributed by atoms with Gasteiger partial charge in [0.05, 0.1) is 12.9 Å². The topological polar surface area (TPSA) is 55.6 Å². The zero-order valence-electron chi connectivity index (χ0n) is 14.7. The summed E-state index contributed by atoms with van der Waals surface area (Å²) in [6, 6.07) is 8.45. The van der Waals surface area contributed by atoms with Gasteiger partial charge in [0.15, 0.2) is 17.3 Å². The van der Waals surface area contributed by atoms with E-state index < -0.39 is 0 Å². The summed E-state index contributed by atoms with van der Waals surface area (Å²) in [5.41, 5.74) is 2.09. The van der Waals surface area contributed by atoms with E-state index in [0.29, 0.717) is 18.5 Å². The number of hydrogen-bond donors (Lipinski definition) is 1. The Labute approximate surface area is 158 Å². The molecule has 6 heteroatoms. The van der Waals surface area contributed by atoms with Gasteiger partial charge in [-0.1, -0.05) is 36.6 Å². The third-order valence-electron chi connectivity index (χ3n) is 5.39. The molecular formula is C20H22ClN5. The van der Waals surface area contributed by atoms with Crippen LogP contribution in [0.3, 0.4) is 0 Å². The standard InChI is InChI=1S/C20H22ClN5/c21-15-9-5-13(6-10-15)11-26-12-22-19(23-16-3-1-2-4-16)17-20(26)25-18(24-17)14-7-8-14/h5-6,9-10,12,14,16,23H,1-4,7-8,11H2. The summed E-state index contributed by atoms with van der Waals surface area (Å²) in [6.45, 7) is 0.715. The molecule has 2 fully saturated rings. The Morgan fingerprint density at radius 1 is 1.04 bits per heavy atom. The number of hydrogen-bond acceptors (Lipinski definition) is 4. The maximum atomic E-state index is 6.01. The molecule has 0 atom stereocenters. The monoisotopic (exact) mass is 367 g/mol. The Morgan fingerprint density at radius 2 is 1.81 bits per heavy atom. The van der Waals surface area contributed by atoms with Gasteiger partial charge >= 0.3 is 0 Å². The van der Waals surface area contributed by atoms with E-state index in [4.69, 9.17) is 26.6 Å². The molecule has 5 nitrogen and oxygen atoms in total. The van der Waals surface area contributed by atoms with Crippen LogP contribution < -0.4 is 5.32 Å². The highest BCUT2D eigenvalue weighted by Crippen LogP contribution is 2.41. The molecule has 0 amide bonds. The van der Waals surface area contributed by atoms with Crippen molar-refractivity contribution in [3.05, 3.63) is 47.0 Å². The van der Waals surface area contributed by atoms with Gasteiger partial charge in [0.2, 0.25) is 0 Å². The van der Waals surface area contributed by atoms with Crippen molar-refractivity contribution >= 4 is 17.4 Å². The number of halogens is 1. The number of imidazole rings is 1. The molecular weight excluding hydrogens is 346 g/mol. The minimum absolute atomic E-state index is 0.513. The van der Waals surface area contributed by atoms with Crippen molar-refractivity contribution in [2.24, 2.45) is 0 Å². The quantitative estimate of drug-likeness (QED) is 0.709. The molecule has 134 valence electrons. The predicted molar refractivity (Wildman–Crippen MR) is 103 cm³/mol. The first-order valence-electron chi connectivity index (χ1n) is 9.50. The zero-order chi connectivity index (χ0) is 17.5. The highest BCUT2D eigenvalue weighted by molar-refractivity contribution is 6.30. The smallest absolute Gasteiger partial charge is 0.166 e. The van der Waals surface area contributed by atoms with E-state index in [-0.39, 0.29) is 0 Å². The lowest BCUT2D eigenvalue weighted by Gasteiger charge is -2.17. The minimum Gasteiger partial charge on any atom is -0.365 e. The number of nitrogens with one attached hydrogen (secondary N) is 1. The summed E-state index contributed by atoms with van der Waals surface area (Å²) < 4.78 is 2.09. The number of anilines is 1. The Hall–Kier alpha value is -2.14. The SMILES string of the molecule is Clc1ccc(Cn2cnc(NC3CCCC3)c3nc(C4CC4)nc2-3)cc1. The molecule has 1 aromatic carbocycles. The Balaban J connectivity index is 1.50. The molecule has 0 spiro atoms. The third kappa shape index (κ3) is 3.16. The fourth-order valence-electron chi connectivity index (χ4n) is 3.75. The van der Waals surface area contributed by atoms with Crippen LogP contribution in [-0.2, 0) is 6.54 Å². The second-order valence-corrected chi connectivity index (χ2v) is 7.94. The maximum absolute atomic E-state index is 6.01. The molecule has 0 aromatic heterocycles. The van der Waals surface area contributed by atoms with Gasteiger partial charge in [0.25, 0.3) is 0 Å². The van der Waals surface area contributed by atoms with Crippen LogP contribution in [0.25, 0.3) is 11.5 Å². The summed E-state index contributed by atoms with van der Waals surface area (Å²) in [7, 11) is 0. The lowest BCUT2D eigenvalue weighted by atomic mass is 10.2. The predicted octanol–water partition coefficient (Wildman–Crippen LogP) is 4.71. The Morgan fingerprint density at radius 3 is 2.54 bits per heavy atom. The van der Waals surface area contributed by atoms with Crippen LogP contribution in [0.4, 0.5) is 5.82 Å². The second kappa shape index (κ2) is 6.54. The number of aromatic nitrogens is 4. The second-order valence-electron chi connectivity index (χ2n) is 7.50. The van der Waals surface area contributed by atoms with Gasteiger partial charge in [0, 0.05) is 17.0 Å². The first-order chi connectivity index (χ1) is 12.8. The van der Waals surface area contributed by atoms with Crippen LogP contribution in [0.15, 0.2) is 30.6 Å². The molecule has 2 heterocycles. The molecule has 0 unspecified atom stereocenters. The zero-order valence-corrected chi connectivity index (χ0v) is 15.4. The van der Waals surface area contributed by atoms with Gasteiger partial charge in [-0.25, -0.2) is 15.0 Å². The Kier molecular flexibility index (Phi) is 4.04. The first kappa shape index (κ1) is 16.1. The lowest BCUT2D eigenvalue weighted by Crippen LogP contribution is -2.18. The molecule has 4 aliphatic rings. The molecule has 2 aliphatic heterocycles. The fourth-order valence-corrected chi connectivity index (χ4v) is 3.87. The Bertz CT molecular complexity index is 878. The van der Waals surface area contributed by atoms with Crippen LogP contribution >= 0.6 is 11.6 Å². The minimum atomic E-state index is 0.513. The van der Waals surface area contributed by atoms with Crippen molar-refractivity contribution < 1.29 is 0 Å². The van der Waals surface area contributed by atoms with Crippen LogP contribution in [0, 0.1) is 0 Å². The highest BCUT2D eigenvalue weighted by Gasteiger charge is 2.31. The van der Waals surface area contributed by atoms with Crippen molar-refractivity contribution in [1.29, 1.82) is 0 Å². The van der Waals surface area contributed by atoms with Crippen LogP contribution in [0.2, 0.25) is 5.02 Å². The fraction of sp³-hybridized carbons (Fsp3) is 0.450. The van der Waals surface area contributed by atoms with Crippen LogP contribution in [-0.4, -0.2) is 25.6 Å². The van der Waals surface area contributed by atoms with Gasteiger partial charge in [-0.05, 0) is 43.4 Å². The van der Waals surface area contributed by atoms with Crippen LogP contribution in [0.5, 0.6) is 0 Å². The number of benzene rings is 1. The van der Waals surface area contributed by atoms with Crippen molar-refractivity contribution in [2.75, 3.05) is 5.32 Å². The largest absolute Gasteiger partial charge is 0.365 e. The molecule has 5 rings (SSSR count). The van der Waals surface area contributed by atoms with E-state index in [9.17, 15) is 0 Å². The average Bonchev–Trinajstić information content (AvgIpc) is 3.18. The van der Waals surface area contributed by atoms with E-state index >= 15 is 0 Å². The van der Waals surface area contributed by atoms with E-state index in [2.05, 4.69) is 9.88 Å². The van der Waals surface area contributed by atoms with Crippen LogP contribution in [0.1, 0.15) is 55.8 Å². The first-order valence-corrected chi connectivity index (χ1v) is 9.88. The van der Waals surface area contributed by atoms with Crippen molar-refractivity contribution in [1.82, 2.24) is 19.5 Å². The summed E-state index contributed by atoms with van der Waals surface area (Å²) in [5.74, 6) is 3.33. The molecule has 0 radical (unpaired) electrons. The average molecular weight is 368 g/mol. The summed E-state index contributed by atoms with van der Waals surface area (Å²) in [4.78, 5) is 14.4. The van der Waals surface area contributed by atoms with Gasteiger partial charge in [-0.15, -0.1) is 0 Å². The summed E-state index contributed by atoms with van der Waals surface area (Å²) >= 11 is 6.01. The van der Waals surface area contributed by atoms with E-state index in [1.165, 1.54) is 44.1 Å². The molecule has 2 saturated carbocycles. The molecule has 1 aromatic rings. The van der Waals surface area contributed by atoms with Crippen molar-refractivity contribution in [3.8, 4) is 11.5 Å². The normalized spacial score (nSPS) is 17.9. The summed E-state index contributed by atoms with van der Waals surface area (Å²) in [5, 5.41) is 4.36. The number of fused-ring (bicyclic) bond motifs is 1. The molecule has 26 heavy (non-hydrogen) atoms. The highest BCUT2D eigenvalue weighted by atomic mass is 35.5. The molecule has 0 saturated heterocycles. The van der Waals surface area contributed by atoms with E-state index in [1.54, 1.807) is 0 Å². The van der Waals surface area contributed by atoms with E-state index in [1.807, 2.05) is 30.6 Å². The van der Waals surface area contributed by atoms with E-state index in [0.717, 1.165) is 28.2 Å². The molecule has 2 aliphatic carbocycles. The maximum Gasteiger partial charge on any atom is 0.166 e. The van der Waals surface area contributed by atoms with Gasteiger partial charge < -0.3 is 9.88 Å². The van der Waals surface area contributed by atoms with Crippen molar-refractivity contribution in [3.63, 3.8) is 0 Å². The number of rotatable bonds is 5. The molecule has 1 N–H and O–H groups in total. The lowest BCUT2D eigenvalue weighted by molar-refractivity contribution is 0.732. The number of nitrogens with zero attached hydrogens (tertiary/aromatic N) is 4. The van der Waals surface area contributed by atoms with Gasteiger partial charge in [-0.3, -0.25) is 0 Å². The third-order valence-corrected chi connectivity index (χ3v) is 5.64.